The largest absolute Gasteiger partial charge is 0.493 e. The van der Waals surface area contributed by atoms with Gasteiger partial charge in [0.05, 0.1) is 6.61 Å². The van der Waals surface area contributed by atoms with Crippen molar-refractivity contribution in [1.29, 1.82) is 0 Å². The number of carbonyl (C=O) groups excluding carboxylic acids is 2. The number of ether oxygens (including phenoxy) is 2. The topological polar surface area (TPSA) is 76.7 Å². The number of hydrogen-bond donors (Lipinski definition) is 2. The van der Waals surface area contributed by atoms with Gasteiger partial charge in [-0.2, -0.15) is 0 Å². The Morgan fingerprint density at radius 2 is 1.75 bits per heavy atom. The highest BCUT2D eigenvalue weighted by Crippen LogP contribution is 2.20. The molecule has 0 aromatic heterocycles. The van der Waals surface area contributed by atoms with Gasteiger partial charge in [0, 0.05) is 19.0 Å². The van der Waals surface area contributed by atoms with Crippen LogP contribution in [0.3, 0.4) is 0 Å². The monoisotopic (exact) mass is 438 g/mol. The fourth-order valence-corrected chi connectivity index (χ4v) is 3.27. The van der Waals surface area contributed by atoms with Crippen LogP contribution in [0.25, 0.3) is 0 Å². The number of nitrogens with one attached hydrogen (secondary N) is 2. The fraction of sp³-hybridized carbons (Fsp3) is 0.462. The minimum atomic E-state index is -0.0730. The van der Waals surface area contributed by atoms with Gasteiger partial charge in [-0.05, 0) is 80.8 Å². The van der Waals surface area contributed by atoms with E-state index in [0.29, 0.717) is 31.4 Å². The highest BCUT2D eigenvalue weighted by atomic mass is 16.5. The van der Waals surface area contributed by atoms with E-state index in [1.54, 1.807) is 0 Å². The Labute approximate surface area is 190 Å². The minimum absolute atomic E-state index is 0.0432. The van der Waals surface area contributed by atoms with Crippen molar-refractivity contribution in [3.63, 3.8) is 0 Å². The second-order valence-corrected chi connectivity index (χ2v) is 8.45. The molecule has 0 atom stereocenters. The first-order valence-electron chi connectivity index (χ1n) is 11.5. The number of aryl methyl sites for hydroxylation is 2. The molecule has 0 bridgehead atoms. The molecule has 0 radical (unpaired) electrons. The van der Waals surface area contributed by atoms with Gasteiger partial charge in [0.1, 0.15) is 11.5 Å². The maximum atomic E-state index is 12.0. The Kier molecular flexibility index (Phi) is 8.96. The fourth-order valence-electron chi connectivity index (χ4n) is 3.27. The van der Waals surface area contributed by atoms with Crippen molar-refractivity contribution in [3.8, 4) is 11.5 Å². The molecule has 1 fully saturated rings. The lowest BCUT2D eigenvalue weighted by atomic mass is 10.1. The lowest BCUT2D eigenvalue weighted by Gasteiger charge is -2.10. The van der Waals surface area contributed by atoms with Crippen LogP contribution in [0.4, 0.5) is 0 Å². The Balaban J connectivity index is 1.23. The number of rotatable bonds is 13. The summed E-state index contributed by atoms with van der Waals surface area (Å²) in [7, 11) is 0. The van der Waals surface area contributed by atoms with E-state index in [0.717, 1.165) is 49.0 Å². The van der Waals surface area contributed by atoms with Crippen LogP contribution in [-0.4, -0.2) is 37.6 Å². The summed E-state index contributed by atoms with van der Waals surface area (Å²) in [6.45, 7) is 5.35. The third-order valence-electron chi connectivity index (χ3n) is 5.37. The van der Waals surface area contributed by atoms with Crippen LogP contribution in [0.1, 0.15) is 48.8 Å². The van der Waals surface area contributed by atoms with Crippen molar-refractivity contribution in [3.05, 3.63) is 59.2 Å². The molecule has 0 saturated heterocycles. The molecule has 1 saturated carbocycles. The highest BCUT2D eigenvalue weighted by Gasteiger charge is 2.23. The zero-order chi connectivity index (χ0) is 22.8. The summed E-state index contributed by atoms with van der Waals surface area (Å²) in [4.78, 5) is 23.7. The second-order valence-electron chi connectivity index (χ2n) is 8.45. The van der Waals surface area contributed by atoms with E-state index in [2.05, 4.69) is 29.7 Å². The Morgan fingerprint density at radius 3 is 2.50 bits per heavy atom. The third kappa shape index (κ3) is 8.61. The summed E-state index contributed by atoms with van der Waals surface area (Å²) in [6, 6.07) is 14.2. The maximum Gasteiger partial charge on any atom is 0.258 e. The molecule has 0 unspecified atom stereocenters. The third-order valence-corrected chi connectivity index (χ3v) is 5.37. The standard InChI is InChI=1S/C26H34N2O4/c1-19-6-7-20(2)24(17-19)31-16-4-3-5-25(29)27-15-14-21-8-12-23(13-9-21)32-18-26(30)28-22-10-11-22/h6-9,12-13,17,22H,3-5,10-11,14-16,18H2,1-2H3,(H,27,29)(H,28,30). The summed E-state index contributed by atoms with van der Waals surface area (Å²) >= 11 is 0. The molecule has 1 aliphatic carbocycles. The molecule has 2 aromatic rings. The average Bonchev–Trinajstić information content (AvgIpc) is 3.59. The zero-order valence-electron chi connectivity index (χ0n) is 19.1. The van der Waals surface area contributed by atoms with Crippen molar-refractivity contribution in [2.45, 2.75) is 58.4 Å². The number of hydrogen-bond acceptors (Lipinski definition) is 4. The van der Waals surface area contributed by atoms with E-state index >= 15 is 0 Å². The van der Waals surface area contributed by atoms with Gasteiger partial charge in [-0.1, -0.05) is 24.3 Å². The van der Waals surface area contributed by atoms with Gasteiger partial charge in [-0.25, -0.2) is 0 Å². The Morgan fingerprint density at radius 1 is 0.969 bits per heavy atom. The number of unbranched alkanes of at least 4 members (excludes halogenated alkanes) is 1. The lowest BCUT2D eigenvalue weighted by molar-refractivity contribution is -0.123. The smallest absolute Gasteiger partial charge is 0.258 e. The number of carbonyl (C=O) groups is 2. The first-order chi connectivity index (χ1) is 15.5. The number of benzene rings is 2. The molecule has 2 N–H and O–H groups in total. The van der Waals surface area contributed by atoms with Crippen LogP contribution in [0, 0.1) is 13.8 Å². The molecular weight excluding hydrogens is 404 g/mol. The molecule has 0 aliphatic heterocycles. The molecule has 6 nitrogen and oxygen atoms in total. The van der Waals surface area contributed by atoms with Crippen LogP contribution >= 0.6 is 0 Å². The van der Waals surface area contributed by atoms with Crippen LogP contribution in [0.15, 0.2) is 42.5 Å². The van der Waals surface area contributed by atoms with E-state index in [9.17, 15) is 9.59 Å². The summed E-state index contributed by atoms with van der Waals surface area (Å²) in [5, 5.41) is 5.87. The molecule has 0 spiro atoms. The summed E-state index contributed by atoms with van der Waals surface area (Å²) in [6.07, 6.45) is 5.05. The first kappa shape index (κ1) is 23.6. The van der Waals surface area contributed by atoms with E-state index in [1.165, 1.54) is 5.56 Å². The van der Waals surface area contributed by atoms with Gasteiger partial charge >= 0.3 is 0 Å². The SMILES string of the molecule is Cc1ccc(C)c(OCCCCC(=O)NCCc2ccc(OCC(=O)NC3CC3)cc2)c1. The molecular formula is C26H34N2O4. The van der Waals surface area contributed by atoms with Crippen LogP contribution in [-0.2, 0) is 16.0 Å². The van der Waals surface area contributed by atoms with Crippen LogP contribution in [0.5, 0.6) is 11.5 Å². The predicted octanol–water partition coefficient (Wildman–Crippen LogP) is 3.87. The van der Waals surface area contributed by atoms with Crippen molar-refractivity contribution in [2.75, 3.05) is 19.8 Å². The van der Waals surface area contributed by atoms with Gasteiger partial charge in [0.25, 0.3) is 5.91 Å². The van der Waals surface area contributed by atoms with Crippen molar-refractivity contribution >= 4 is 11.8 Å². The quantitative estimate of drug-likeness (QED) is 0.466. The molecule has 172 valence electrons. The highest BCUT2D eigenvalue weighted by molar-refractivity contribution is 5.78. The van der Waals surface area contributed by atoms with Gasteiger partial charge in [0.15, 0.2) is 6.61 Å². The van der Waals surface area contributed by atoms with Gasteiger partial charge < -0.3 is 20.1 Å². The van der Waals surface area contributed by atoms with E-state index in [-0.39, 0.29) is 18.4 Å². The second kappa shape index (κ2) is 12.1. The Hall–Kier alpha value is -3.02. The van der Waals surface area contributed by atoms with E-state index in [4.69, 9.17) is 9.47 Å². The summed E-state index contributed by atoms with van der Waals surface area (Å²) in [5.74, 6) is 1.59. The van der Waals surface area contributed by atoms with Crippen molar-refractivity contribution in [1.82, 2.24) is 10.6 Å². The van der Waals surface area contributed by atoms with Crippen molar-refractivity contribution < 1.29 is 19.1 Å². The normalized spacial score (nSPS) is 12.8. The molecule has 3 rings (SSSR count). The van der Waals surface area contributed by atoms with Gasteiger partial charge in [0.2, 0.25) is 5.91 Å². The predicted molar refractivity (Wildman–Crippen MR) is 125 cm³/mol. The first-order valence-corrected chi connectivity index (χ1v) is 11.5. The molecule has 2 aromatic carbocycles. The average molecular weight is 439 g/mol. The van der Waals surface area contributed by atoms with Gasteiger partial charge in [-0.15, -0.1) is 0 Å². The van der Waals surface area contributed by atoms with Gasteiger partial charge in [-0.3, -0.25) is 9.59 Å². The summed E-state index contributed by atoms with van der Waals surface area (Å²) < 4.78 is 11.3. The van der Waals surface area contributed by atoms with Crippen molar-refractivity contribution in [2.24, 2.45) is 0 Å². The van der Waals surface area contributed by atoms with E-state index in [1.807, 2.05) is 37.3 Å². The Bertz CT molecular complexity index is 891. The summed E-state index contributed by atoms with van der Waals surface area (Å²) in [5.41, 5.74) is 3.43. The van der Waals surface area contributed by atoms with Crippen LogP contribution < -0.4 is 20.1 Å². The molecule has 2 amide bonds. The minimum Gasteiger partial charge on any atom is -0.493 e. The number of amides is 2. The molecule has 0 heterocycles. The lowest BCUT2D eigenvalue weighted by Crippen LogP contribution is -2.30. The maximum absolute atomic E-state index is 12.0. The molecule has 6 heteroatoms. The molecule has 1 aliphatic rings. The van der Waals surface area contributed by atoms with E-state index < -0.39 is 0 Å². The van der Waals surface area contributed by atoms with Crippen LogP contribution in [0.2, 0.25) is 0 Å². The zero-order valence-corrected chi connectivity index (χ0v) is 19.1. The molecule has 32 heavy (non-hydrogen) atoms.